The fraction of sp³-hybridized carbons (Fsp3) is 1.00. The van der Waals surface area contributed by atoms with Crippen LogP contribution < -0.4 is 5.32 Å². The predicted octanol–water partition coefficient (Wildman–Crippen LogP) is 2.90. The van der Waals surface area contributed by atoms with Gasteiger partial charge in [0.15, 0.2) is 0 Å². The van der Waals surface area contributed by atoms with Crippen LogP contribution >= 0.6 is 0 Å². The molecule has 2 atom stereocenters. The van der Waals surface area contributed by atoms with Crippen LogP contribution in [-0.4, -0.2) is 49.3 Å². The Labute approximate surface area is 125 Å². The van der Waals surface area contributed by atoms with Crippen molar-refractivity contribution in [2.24, 2.45) is 11.8 Å². The second kappa shape index (κ2) is 7.77. The Kier molecular flexibility index (Phi) is 6.31. The van der Waals surface area contributed by atoms with Crippen LogP contribution in [-0.2, 0) is 4.74 Å². The minimum atomic E-state index is 0.372. The Hall–Kier alpha value is -0.120. The Morgan fingerprint density at radius 3 is 2.50 bits per heavy atom. The molecular weight excluding hydrogens is 248 g/mol. The van der Waals surface area contributed by atoms with E-state index in [-0.39, 0.29) is 0 Å². The molecule has 1 saturated heterocycles. The molecular formula is C17H34N2O. The molecule has 0 spiro atoms. The smallest absolute Gasteiger partial charge is 0.0518 e. The molecule has 20 heavy (non-hydrogen) atoms. The lowest BCUT2D eigenvalue weighted by Crippen LogP contribution is -2.59. The standard InChI is InChI=1S/C17H34N2O/c1-13(2)17-11-18-16(15-7-8-15)12-19(17)9-5-6-10-20-14(3)4/h13-18H,5-12H2,1-4H3. The lowest BCUT2D eigenvalue weighted by molar-refractivity contribution is 0.0641. The molecule has 1 heterocycles. The van der Waals surface area contributed by atoms with Crippen molar-refractivity contribution in [3.05, 3.63) is 0 Å². The number of hydrogen-bond donors (Lipinski definition) is 1. The highest BCUT2D eigenvalue weighted by Gasteiger charge is 2.37. The highest BCUT2D eigenvalue weighted by atomic mass is 16.5. The Morgan fingerprint density at radius 1 is 1.15 bits per heavy atom. The van der Waals surface area contributed by atoms with E-state index in [9.17, 15) is 0 Å². The zero-order chi connectivity index (χ0) is 14.5. The van der Waals surface area contributed by atoms with E-state index in [1.807, 2.05) is 0 Å². The summed E-state index contributed by atoms with van der Waals surface area (Å²) in [5.74, 6) is 1.71. The molecule has 0 bridgehead atoms. The van der Waals surface area contributed by atoms with Crippen LogP contribution in [0.4, 0.5) is 0 Å². The maximum atomic E-state index is 5.64. The zero-order valence-corrected chi connectivity index (χ0v) is 13.9. The Morgan fingerprint density at radius 2 is 1.90 bits per heavy atom. The normalized spacial score (nSPS) is 28.5. The molecule has 2 unspecified atom stereocenters. The van der Waals surface area contributed by atoms with Crippen molar-refractivity contribution < 1.29 is 4.74 Å². The summed E-state index contributed by atoms with van der Waals surface area (Å²) in [5.41, 5.74) is 0. The van der Waals surface area contributed by atoms with E-state index >= 15 is 0 Å². The third kappa shape index (κ3) is 5.01. The molecule has 0 aromatic heterocycles. The predicted molar refractivity (Wildman–Crippen MR) is 85.0 cm³/mol. The van der Waals surface area contributed by atoms with Gasteiger partial charge in [0.05, 0.1) is 6.10 Å². The molecule has 2 aliphatic rings. The molecule has 2 rings (SSSR count). The first-order valence-corrected chi connectivity index (χ1v) is 8.67. The van der Waals surface area contributed by atoms with Crippen LogP contribution in [0.25, 0.3) is 0 Å². The highest BCUT2D eigenvalue weighted by molar-refractivity contribution is 4.95. The lowest BCUT2D eigenvalue weighted by atomic mass is 9.96. The van der Waals surface area contributed by atoms with E-state index in [1.165, 1.54) is 45.3 Å². The first kappa shape index (κ1) is 16.3. The van der Waals surface area contributed by atoms with E-state index in [1.54, 1.807) is 0 Å². The fourth-order valence-electron chi connectivity index (χ4n) is 3.32. The van der Waals surface area contributed by atoms with Gasteiger partial charge < -0.3 is 10.1 Å². The lowest BCUT2D eigenvalue weighted by Gasteiger charge is -2.42. The first-order valence-electron chi connectivity index (χ1n) is 8.67. The van der Waals surface area contributed by atoms with Gasteiger partial charge in [0.1, 0.15) is 0 Å². The number of unbranched alkanes of at least 4 members (excludes halogenated alkanes) is 1. The fourth-order valence-corrected chi connectivity index (χ4v) is 3.32. The maximum Gasteiger partial charge on any atom is 0.0518 e. The monoisotopic (exact) mass is 282 g/mol. The molecule has 118 valence electrons. The van der Waals surface area contributed by atoms with Gasteiger partial charge in [0, 0.05) is 31.8 Å². The van der Waals surface area contributed by atoms with E-state index < -0.39 is 0 Å². The quantitative estimate of drug-likeness (QED) is 0.693. The Bertz CT molecular complexity index is 276. The second-order valence-corrected chi connectivity index (χ2v) is 7.29. The summed E-state index contributed by atoms with van der Waals surface area (Å²) in [6.07, 6.45) is 5.73. The molecule has 1 N–H and O–H groups in total. The van der Waals surface area contributed by atoms with Crippen LogP contribution in [0.2, 0.25) is 0 Å². The van der Waals surface area contributed by atoms with Gasteiger partial charge in [-0.05, 0) is 57.9 Å². The molecule has 3 heteroatoms. The largest absolute Gasteiger partial charge is 0.379 e. The summed E-state index contributed by atoms with van der Waals surface area (Å²) < 4.78 is 5.64. The van der Waals surface area contributed by atoms with E-state index in [4.69, 9.17) is 4.74 Å². The highest BCUT2D eigenvalue weighted by Crippen LogP contribution is 2.34. The number of rotatable bonds is 8. The van der Waals surface area contributed by atoms with Crippen LogP contribution in [0.5, 0.6) is 0 Å². The summed E-state index contributed by atoms with van der Waals surface area (Å²) >= 11 is 0. The average molecular weight is 282 g/mol. The Balaban J connectivity index is 1.72. The van der Waals surface area contributed by atoms with Crippen LogP contribution in [0.15, 0.2) is 0 Å². The summed E-state index contributed by atoms with van der Waals surface area (Å²) in [6.45, 7) is 13.6. The van der Waals surface area contributed by atoms with Crippen LogP contribution in [0.1, 0.15) is 53.4 Å². The molecule has 1 saturated carbocycles. The third-order valence-electron chi connectivity index (χ3n) is 4.74. The van der Waals surface area contributed by atoms with Crippen molar-refractivity contribution in [3.8, 4) is 0 Å². The topological polar surface area (TPSA) is 24.5 Å². The minimum absolute atomic E-state index is 0.372. The summed E-state index contributed by atoms with van der Waals surface area (Å²) in [7, 11) is 0. The number of piperazine rings is 1. The molecule has 2 fully saturated rings. The summed E-state index contributed by atoms with van der Waals surface area (Å²) in [4.78, 5) is 2.75. The average Bonchev–Trinajstić information content (AvgIpc) is 3.21. The van der Waals surface area contributed by atoms with Crippen LogP contribution in [0, 0.1) is 11.8 Å². The van der Waals surface area contributed by atoms with Crippen molar-refractivity contribution in [2.75, 3.05) is 26.2 Å². The SMILES string of the molecule is CC(C)OCCCCN1CC(C2CC2)NCC1C(C)C. The second-order valence-electron chi connectivity index (χ2n) is 7.29. The van der Waals surface area contributed by atoms with Crippen molar-refractivity contribution in [3.63, 3.8) is 0 Å². The molecule has 0 aromatic carbocycles. The minimum Gasteiger partial charge on any atom is -0.379 e. The van der Waals surface area contributed by atoms with Crippen molar-refractivity contribution >= 4 is 0 Å². The molecule has 0 amide bonds. The van der Waals surface area contributed by atoms with Crippen molar-refractivity contribution in [1.82, 2.24) is 10.2 Å². The molecule has 1 aliphatic heterocycles. The molecule has 3 nitrogen and oxygen atoms in total. The van der Waals surface area contributed by atoms with Gasteiger partial charge in [-0.1, -0.05) is 13.8 Å². The van der Waals surface area contributed by atoms with E-state index in [0.717, 1.165) is 30.5 Å². The van der Waals surface area contributed by atoms with Gasteiger partial charge in [0.2, 0.25) is 0 Å². The van der Waals surface area contributed by atoms with Gasteiger partial charge in [-0.3, -0.25) is 4.90 Å². The van der Waals surface area contributed by atoms with Gasteiger partial charge in [-0.25, -0.2) is 0 Å². The third-order valence-corrected chi connectivity index (χ3v) is 4.74. The number of nitrogens with one attached hydrogen (secondary N) is 1. The van der Waals surface area contributed by atoms with Crippen molar-refractivity contribution in [1.29, 1.82) is 0 Å². The number of hydrogen-bond acceptors (Lipinski definition) is 3. The molecule has 0 aromatic rings. The number of ether oxygens (including phenoxy) is 1. The maximum absolute atomic E-state index is 5.64. The van der Waals surface area contributed by atoms with Crippen molar-refractivity contribution in [2.45, 2.75) is 71.6 Å². The summed E-state index contributed by atoms with van der Waals surface area (Å²) in [6, 6.07) is 1.48. The summed E-state index contributed by atoms with van der Waals surface area (Å²) in [5, 5.41) is 3.79. The molecule has 1 aliphatic carbocycles. The van der Waals surface area contributed by atoms with Gasteiger partial charge in [0.25, 0.3) is 0 Å². The van der Waals surface area contributed by atoms with Gasteiger partial charge >= 0.3 is 0 Å². The molecule has 0 radical (unpaired) electrons. The zero-order valence-electron chi connectivity index (χ0n) is 13.9. The van der Waals surface area contributed by atoms with Crippen LogP contribution in [0.3, 0.4) is 0 Å². The van der Waals surface area contributed by atoms with Gasteiger partial charge in [-0.15, -0.1) is 0 Å². The first-order chi connectivity index (χ1) is 9.58. The van der Waals surface area contributed by atoms with Gasteiger partial charge in [-0.2, -0.15) is 0 Å². The number of nitrogens with zero attached hydrogens (tertiary/aromatic N) is 1. The van der Waals surface area contributed by atoms with E-state index in [0.29, 0.717) is 6.10 Å². The van der Waals surface area contributed by atoms with E-state index in [2.05, 4.69) is 37.9 Å².